The Morgan fingerprint density at radius 1 is 1.10 bits per heavy atom. The molecular formula is C16H21N3O. The molecule has 0 spiro atoms. The van der Waals surface area contributed by atoms with Crippen molar-refractivity contribution in [2.75, 3.05) is 13.1 Å². The first kappa shape index (κ1) is 13.2. The summed E-state index contributed by atoms with van der Waals surface area (Å²) in [4.78, 5) is 12.5. The fraction of sp³-hybridized carbons (Fsp3) is 0.438. The Morgan fingerprint density at radius 2 is 1.80 bits per heavy atom. The first-order chi connectivity index (χ1) is 9.75. The van der Waals surface area contributed by atoms with Crippen LogP contribution in [-0.4, -0.2) is 28.6 Å². The normalized spacial score (nSPS) is 17.1. The molecule has 2 aromatic rings. The third-order valence-corrected chi connectivity index (χ3v) is 4.01. The lowest BCUT2D eigenvalue weighted by Crippen LogP contribution is -2.42. The van der Waals surface area contributed by atoms with E-state index in [0.29, 0.717) is 0 Å². The monoisotopic (exact) mass is 271 g/mol. The van der Waals surface area contributed by atoms with Crippen LogP contribution in [0.1, 0.15) is 36.0 Å². The second-order valence-corrected chi connectivity index (χ2v) is 5.51. The summed E-state index contributed by atoms with van der Waals surface area (Å²) in [6.07, 6.45) is 6.77. The van der Waals surface area contributed by atoms with Crippen LogP contribution in [0.5, 0.6) is 0 Å². The molecule has 0 saturated carbocycles. The van der Waals surface area contributed by atoms with Crippen LogP contribution in [0.15, 0.2) is 30.5 Å². The molecule has 1 amide bonds. The van der Waals surface area contributed by atoms with Crippen molar-refractivity contribution < 1.29 is 4.79 Å². The zero-order valence-corrected chi connectivity index (χ0v) is 11.9. The van der Waals surface area contributed by atoms with Crippen LogP contribution in [0.2, 0.25) is 0 Å². The molecule has 106 valence electrons. The molecule has 0 atom stereocenters. The number of para-hydroxylation sites is 1. The van der Waals surface area contributed by atoms with Crippen molar-refractivity contribution in [1.29, 1.82) is 0 Å². The van der Waals surface area contributed by atoms with Crippen LogP contribution in [0.4, 0.5) is 0 Å². The summed E-state index contributed by atoms with van der Waals surface area (Å²) in [5.41, 5.74) is 4.91. The van der Waals surface area contributed by atoms with Gasteiger partial charge in [0.15, 0.2) is 0 Å². The van der Waals surface area contributed by atoms with Gasteiger partial charge in [-0.1, -0.05) is 31.0 Å². The lowest BCUT2D eigenvalue weighted by molar-refractivity contribution is 0.0796. The Kier molecular flexibility index (Phi) is 3.74. The van der Waals surface area contributed by atoms with E-state index in [1.54, 1.807) is 0 Å². The van der Waals surface area contributed by atoms with E-state index in [1.807, 2.05) is 42.1 Å². The number of carbonyl (C=O) groups is 1. The summed E-state index contributed by atoms with van der Waals surface area (Å²) in [5, 5.41) is 3.08. The maximum absolute atomic E-state index is 12.5. The van der Waals surface area contributed by atoms with Crippen LogP contribution < -0.4 is 5.43 Å². The molecule has 1 saturated heterocycles. The molecule has 1 aromatic heterocycles. The zero-order valence-electron chi connectivity index (χ0n) is 11.9. The number of hydrazine groups is 1. The van der Waals surface area contributed by atoms with E-state index in [2.05, 4.69) is 10.4 Å². The number of nitrogens with zero attached hydrogens (tertiary/aromatic N) is 2. The molecule has 3 rings (SSSR count). The van der Waals surface area contributed by atoms with Crippen molar-refractivity contribution >= 4 is 16.8 Å². The van der Waals surface area contributed by atoms with Gasteiger partial charge in [0, 0.05) is 37.2 Å². The van der Waals surface area contributed by atoms with Gasteiger partial charge in [0.2, 0.25) is 0 Å². The standard InChI is InChI=1S/C16H21N3O/c1-18-12-14(13-8-4-5-9-15(13)18)16(20)17-19-10-6-2-3-7-11-19/h4-5,8-9,12H,2-3,6-7,10-11H2,1H3,(H,17,20). The van der Waals surface area contributed by atoms with E-state index in [-0.39, 0.29) is 5.91 Å². The second-order valence-electron chi connectivity index (χ2n) is 5.51. The van der Waals surface area contributed by atoms with Gasteiger partial charge in [-0.25, -0.2) is 5.01 Å². The lowest BCUT2D eigenvalue weighted by Gasteiger charge is -2.20. The van der Waals surface area contributed by atoms with E-state index >= 15 is 0 Å². The number of amides is 1. The molecule has 4 heteroatoms. The molecule has 4 nitrogen and oxygen atoms in total. The highest BCUT2D eigenvalue weighted by atomic mass is 16.2. The highest BCUT2D eigenvalue weighted by Crippen LogP contribution is 2.20. The van der Waals surface area contributed by atoms with Crippen molar-refractivity contribution in [2.24, 2.45) is 7.05 Å². The van der Waals surface area contributed by atoms with Crippen LogP contribution in [-0.2, 0) is 7.05 Å². The number of hydrogen-bond donors (Lipinski definition) is 1. The fourth-order valence-electron chi connectivity index (χ4n) is 2.91. The maximum atomic E-state index is 12.5. The van der Waals surface area contributed by atoms with Crippen LogP contribution >= 0.6 is 0 Å². The molecule has 2 heterocycles. The highest BCUT2D eigenvalue weighted by Gasteiger charge is 2.17. The summed E-state index contributed by atoms with van der Waals surface area (Å²) in [6, 6.07) is 8.02. The first-order valence-electron chi connectivity index (χ1n) is 7.36. The number of nitrogens with one attached hydrogen (secondary N) is 1. The number of benzene rings is 1. The molecular weight excluding hydrogens is 250 g/mol. The minimum absolute atomic E-state index is 0.00343. The summed E-state index contributed by atoms with van der Waals surface area (Å²) in [7, 11) is 1.98. The molecule has 0 unspecified atom stereocenters. The summed E-state index contributed by atoms with van der Waals surface area (Å²) >= 11 is 0. The molecule has 0 radical (unpaired) electrons. The van der Waals surface area contributed by atoms with Crippen LogP contribution in [0.3, 0.4) is 0 Å². The lowest BCUT2D eigenvalue weighted by atomic mass is 10.2. The third-order valence-electron chi connectivity index (χ3n) is 4.01. The minimum Gasteiger partial charge on any atom is -0.350 e. The van der Waals surface area contributed by atoms with Gasteiger partial charge in [0.25, 0.3) is 5.91 Å². The molecule has 1 N–H and O–H groups in total. The Balaban J connectivity index is 1.81. The van der Waals surface area contributed by atoms with Crippen molar-refractivity contribution in [3.8, 4) is 0 Å². The molecule has 20 heavy (non-hydrogen) atoms. The van der Waals surface area contributed by atoms with Gasteiger partial charge in [-0.3, -0.25) is 10.2 Å². The summed E-state index contributed by atoms with van der Waals surface area (Å²) < 4.78 is 2.01. The van der Waals surface area contributed by atoms with Crippen molar-refractivity contribution in [3.63, 3.8) is 0 Å². The number of carbonyl (C=O) groups excluding carboxylic acids is 1. The number of aryl methyl sites for hydroxylation is 1. The van der Waals surface area contributed by atoms with Crippen molar-refractivity contribution in [1.82, 2.24) is 15.0 Å². The topological polar surface area (TPSA) is 37.3 Å². The average molecular weight is 271 g/mol. The predicted octanol–water partition coefficient (Wildman–Crippen LogP) is 2.70. The number of aromatic nitrogens is 1. The Morgan fingerprint density at radius 3 is 2.55 bits per heavy atom. The van der Waals surface area contributed by atoms with Gasteiger partial charge in [-0.05, 0) is 18.9 Å². The van der Waals surface area contributed by atoms with Crippen molar-refractivity contribution in [3.05, 3.63) is 36.0 Å². The van der Waals surface area contributed by atoms with Gasteiger partial charge in [0.05, 0.1) is 5.56 Å². The average Bonchev–Trinajstić information content (AvgIpc) is 2.64. The number of fused-ring (bicyclic) bond motifs is 1. The van der Waals surface area contributed by atoms with E-state index in [9.17, 15) is 4.79 Å². The molecule has 1 aromatic carbocycles. The molecule has 1 fully saturated rings. The predicted molar refractivity (Wildman–Crippen MR) is 80.4 cm³/mol. The minimum atomic E-state index is 0.00343. The van der Waals surface area contributed by atoms with Gasteiger partial charge in [-0.15, -0.1) is 0 Å². The smallest absolute Gasteiger partial charge is 0.267 e. The highest BCUT2D eigenvalue weighted by molar-refractivity contribution is 6.06. The number of hydrogen-bond acceptors (Lipinski definition) is 2. The Labute approximate surface area is 119 Å². The summed E-state index contributed by atoms with van der Waals surface area (Å²) in [5.74, 6) is 0.00343. The van der Waals surface area contributed by atoms with E-state index in [4.69, 9.17) is 0 Å². The van der Waals surface area contributed by atoms with Gasteiger partial charge in [-0.2, -0.15) is 0 Å². The SMILES string of the molecule is Cn1cc(C(=O)NN2CCCCCC2)c2ccccc21. The van der Waals surface area contributed by atoms with Gasteiger partial charge in [0.1, 0.15) is 0 Å². The fourth-order valence-corrected chi connectivity index (χ4v) is 2.91. The van der Waals surface area contributed by atoms with Crippen molar-refractivity contribution in [2.45, 2.75) is 25.7 Å². The maximum Gasteiger partial charge on any atom is 0.267 e. The van der Waals surface area contributed by atoms with E-state index in [0.717, 1.165) is 42.4 Å². The van der Waals surface area contributed by atoms with Gasteiger partial charge >= 0.3 is 0 Å². The number of rotatable bonds is 2. The molecule has 1 aliphatic heterocycles. The largest absolute Gasteiger partial charge is 0.350 e. The molecule has 0 aliphatic carbocycles. The van der Waals surface area contributed by atoms with Gasteiger partial charge < -0.3 is 4.57 Å². The Bertz CT molecular complexity index is 609. The zero-order chi connectivity index (χ0) is 13.9. The molecule has 1 aliphatic rings. The quantitative estimate of drug-likeness (QED) is 0.912. The Hall–Kier alpha value is -1.81. The van der Waals surface area contributed by atoms with E-state index in [1.165, 1.54) is 12.8 Å². The first-order valence-corrected chi connectivity index (χ1v) is 7.36. The second kappa shape index (κ2) is 5.67. The third kappa shape index (κ3) is 2.56. The van der Waals surface area contributed by atoms with Crippen LogP contribution in [0.25, 0.3) is 10.9 Å². The summed E-state index contributed by atoms with van der Waals surface area (Å²) in [6.45, 7) is 1.91. The molecule has 0 bridgehead atoms. The van der Waals surface area contributed by atoms with Crippen LogP contribution in [0, 0.1) is 0 Å². The van der Waals surface area contributed by atoms with E-state index < -0.39 is 0 Å².